The largest absolute Gasteiger partial charge is 0.336 e. The first kappa shape index (κ1) is 18.3. The molecule has 0 saturated carbocycles. The minimum Gasteiger partial charge on any atom is -0.336 e. The van der Waals surface area contributed by atoms with Gasteiger partial charge in [0.15, 0.2) is 0 Å². The van der Waals surface area contributed by atoms with Gasteiger partial charge in [0.1, 0.15) is 11.9 Å². The van der Waals surface area contributed by atoms with Gasteiger partial charge in [-0.3, -0.25) is 4.79 Å². The van der Waals surface area contributed by atoms with Crippen LogP contribution in [0.1, 0.15) is 22.2 Å². The minimum absolute atomic E-state index is 0. The van der Waals surface area contributed by atoms with Crippen molar-refractivity contribution in [2.24, 2.45) is 7.05 Å². The number of carbonyl (C=O) groups is 1. The second-order valence-electron chi connectivity index (χ2n) is 5.24. The molecule has 1 aromatic heterocycles. The highest BCUT2D eigenvalue weighted by atomic mass is 79.9. The van der Waals surface area contributed by atoms with Crippen molar-refractivity contribution < 1.29 is 4.79 Å². The average molecular weight is 420 g/mol. The number of hydrogen-bond acceptors (Lipinski definition) is 3. The summed E-state index contributed by atoms with van der Waals surface area (Å²) in [6.45, 7) is 2.08. The molecule has 1 aliphatic heterocycles. The van der Waals surface area contributed by atoms with E-state index in [0.29, 0.717) is 23.7 Å². The number of nitrogens with one attached hydrogen (secondary N) is 1. The molecule has 0 spiro atoms. The maximum Gasteiger partial charge on any atom is 0.256 e. The topological polar surface area (TPSA) is 50.2 Å². The Balaban J connectivity index is 0.00000192. The van der Waals surface area contributed by atoms with E-state index in [4.69, 9.17) is 11.6 Å². The summed E-state index contributed by atoms with van der Waals surface area (Å²) in [6, 6.07) is 5.23. The highest BCUT2D eigenvalue weighted by Gasteiger charge is 2.31. The van der Waals surface area contributed by atoms with Gasteiger partial charge in [-0.1, -0.05) is 27.5 Å². The first-order valence-corrected chi connectivity index (χ1v) is 8.19. The molecule has 3 rings (SSSR count). The molecule has 1 unspecified atom stereocenters. The second-order valence-corrected chi connectivity index (χ2v) is 6.56. The van der Waals surface area contributed by atoms with Crippen LogP contribution in [-0.2, 0) is 7.05 Å². The molecule has 2 heterocycles. The summed E-state index contributed by atoms with van der Waals surface area (Å²) < 4.78 is 2.80. The van der Waals surface area contributed by atoms with Crippen molar-refractivity contribution in [1.29, 1.82) is 0 Å². The lowest BCUT2D eigenvalue weighted by molar-refractivity contribution is 0.0621. The van der Waals surface area contributed by atoms with Gasteiger partial charge in [-0.25, -0.2) is 4.98 Å². The van der Waals surface area contributed by atoms with Crippen molar-refractivity contribution in [2.75, 3.05) is 19.6 Å². The third-order valence-electron chi connectivity index (χ3n) is 3.82. The van der Waals surface area contributed by atoms with Crippen LogP contribution in [0.25, 0.3) is 0 Å². The molecule has 23 heavy (non-hydrogen) atoms. The summed E-state index contributed by atoms with van der Waals surface area (Å²) in [5, 5.41) is 3.78. The number of imidazole rings is 1. The van der Waals surface area contributed by atoms with E-state index >= 15 is 0 Å². The number of hydrogen-bond donors (Lipinski definition) is 1. The lowest BCUT2D eigenvalue weighted by atomic mass is 10.1. The zero-order valence-electron chi connectivity index (χ0n) is 12.5. The van der Waals surface area contributed by atoms with Gasteiger partial charge in [0.2, 0.25) is 0 Å². The Kier molecular flexibility index (Phi) is 6.08. The van der Waals surface area contributed by atoms with Gasteiger partial charge in [-0.05, 0) is 18.2 Å². The van der Waals surface area contributed by atoms with Gasteiger partial charge in [-0.2, -0.15) is 0 Å². The summed E-state index contributed by atoms with van der Waals surface area (Å²) in [7, 11) is 1.94. The molecule has 1 N–H and O–H groups in total. The minimum atomic E-state index is -0.0963. The van der Waals surface area contributed by atoms with Crippen LogP contribution >= 0.6 is 39.9 Å². The highest BCUT2D eigenvalue weighted by molar-refractivity contribution is 9.10. The SMILES string of the molecule is Cl.Cn1ccnc1C1CNCCN1C(=O)c1ccc(Br)cc1Cl. The van der Waals surface area contributed by atoms with E-state index in [2.05, 4.69) is 26.2 Å². The van der Waals surface area contributed by atoms with Crippen molar-refractivity contribution in [2.45, 2.75) is 6.04 Å². The van der Waals surface area contributed by atoms with Crippen molar-refractivity contribution in [1.82, 2.24) is 19.8 Å². The molecule has 1 atom stereocenters. The molecular formula is C15H17BrCl2N4O. The molecule has 1 amide bonds. The summed E-state index contributed by atoms with van der Waals surface area (Å²) in [5.74, 6) is 0.806. The van der Waals surface area contributed by atoms with Crippen LogP contribution in [0.2, 0.25) is 5.02 Å². The lowest BCUT2D eigenvalue weighted by Gasteiger charge is -2.36. The fourth-order valence-corrected chi connectivity index (χ4v) is 3.45. The number of piperazine rings is 1. The first-order chi connectivity index (χ1) is 10.6. The smallest absolute Gasteiger partial charge is 0.256 e. The third-order valence-corrected chi connectivity index (χ3v) is 4.63. The van der Waals surface area contributed by atoms with Crippen LogP contribution < -0.4 is 5.32 Å². The fraction of sp³-hybridized carbons (Fsp3) is 0.333. The Morgan fingerprint density at radius 1 is 1.48 bits per heavy atom. The van der Waals surface area contributed by atoms with Crippen LogP contribution in [0.15, 0.2) is 35.1 Å². The van der Waals surface area contributed by atoms with Crippen LogP contribution in [-0.4, -0.2) is 40.0 Å². The maximum atomic E-state index is 12.9. The van der Waals surface area contributed by atoms with Crippen molar-refractivity contribution in [3.63, 3.8) is 0 Å². The van der Waals surface area contributed by atoms with Gasteiger partial charge in [0, 0.05) is 43.5 Å². The van der Waals surface area contributed by atoms with Crippen LogP contribution in [0.3, 0.4) is 0 Å². The summed E-state index contributed by atoms with van der Waals surface area (Å²) in [6.07, 6.45) is 3.64. The number of amides is 1. The van der Waals surface area contributed by atoms with Crippen LogP contribution in [0, 0.1) is 0 Å². The van der Waals surface area contributed by atoms with E-state index in [-0.39, 0.29) is 24.4 Å². The standard InChI is InChI=1S/C15H16BrClN4O.ClH/c1-20-6-5-19-14(20)13-9-18-4-7-21(13)15(22)11-3-2-10(16)8-12(11)17;/h2-3,5-6,8,13,18H,4,7,9H2,1H3;1H. The number of carbonyl (C=O) groups excluding carboxylic acids is 1. The Morgan fingerprint density at radius 2 is 2.26 bits per heavy atom. The average Bonchev–Trinajstić information content (AvgIpc) is 2.93. The molecule has 1 aromatic carbocycles. The van der Waals surface area contributed by atoms with Gasteiger partial charge in [0.05, 0.1) is 10.6 Å². The number of rotatable bonds is 2. The lowest BCUT2D eigenvalue weighted by Crippen LogP contribution is -2.49. The molecule has 1 aliphatic rings. The quantitative estimate of drug-likeness (QED) is 0.813. The molecule has 1 fully saturated rings. The molecular weight excluding hydrogens is 403 g/mol. The molecule has 5 nitrogen and oxygen atoms in total. The number of benzene rings is 1. The van der Waals surface area contributed by atoms with E-state index in [1.807, 2.05) is 28.8 Å². The third kappa shape index (κ3) is 3.71. The van der Waals surface area contributed by atoms with E-state index in [9.17, 15) is 4.79 Å². The Hall–Kier alpha value is -1.08. The van der Waals surface area contributed by atoms with Gasteiger partial charge in [0.25, 0.3) is 5.91 Å². The predicted octanol–water partition coefficient (Wildman–Crippen LogP) is 3.04. The predicted molar refractivity (Wildman–Crippen MR) is 96.3 cm³/mol. The van der Waals surface area contributed by atoms with Gasteiger partial charge >= 0.3 is 0 Å². The van der Waals surface area contributed by atoms with Crippen LogP contribution in [0.4, 0.5) is 0 Å². The Morgan fingerprint density at radius 3 is 2.91 bits per heavy atom. The summed E-state index contributed by atoms with van der Waals surface area (Å²) in [4.78, 5) is 19.1. The molecule has 124 valence electrons. The zero-order valence-corrected chi connectivity index (χ0v) is 15.7. The number of halogens is 3. The summed E-state index contributed by atoms with van der Waals surface area (Å²) >= 11 is 9.60. The number of aryl methyl sites for hydroxylation is 1. The van der Waals surface area contributed by atoms with E-state index < -0.39 is 0 Å². The highest BCUT2D eigenvalue weighted by Crippen LogP contribution is 2.27. The van der Waals surface area contributed by atoms with E-state index in [1.165, 1.54) is 0 Å². The van der Waals surface area contributed by atoms with Crippen molar-refractivity contribution >= 4 is 45.8 Å². The molecule has 8 heteroatoms. The molecule has 0 aliphatic carbocycles. The number of nitrogens with zero attached hydrogens (tertiary/aromatic N) is 3. The molecule has 0 bridgehead atoms. The zero-order chi connectivity index (χ0) is 15.7. The number of aromatic nitrogens is 2. The van der Waals surface area contributed by atoms with E-state index in [0.717, 1.165) is 16.8 Å². The molecule has 0 radical (unpaired) electrons. The second kappa shape index (κ2) is 7.66. The van der Waals surface area contributed by atoms with Gasteiger partial charge in [-0.15, -0.1) is 12.4 Å². The van der Waals surface area contributed by atoms with E-state index in [1.54, 1.807) is 18.3 Å². The summed E-state index contributed by atoms with van der Waals surface area (Å²) in [5.41, 5.74) is 0.519. The van der Waals surface area contributed by atoms with Crippen molar-refractivity contribution in [3.8, 4) is 0 Å². The van der Waals surface area contributed by atoms with Crippen molar-refractivity contribution in [3.05, 3.63) is 51.5 Å². The monoisotopic (exact) mass is 418 g/mol. The molecule has 2 aromatic rings. The maximum absolute atomic E-state index is 12.9. The Bertz CT molecular complexity index is 707. The first-order valence-electron chi connectivity index (χ1n) is 7.02. The normalized spacial score (nSPS) is 17.7. The Labute approximate surface area is 154 Å². The fourth-order valence-electron chi connectivity index (χ4n) is 2.69. The van der Waals surface area contributed by atoms with Gasteiger partial charge < -0.3 is 14.8 Å². The van der Waals surface area contributed by atoms with Crippen LogP contribution in [0.5, 0.6) is 0 Å². The molecule has 1 saturated heterocycles.